The summed E-state index contributed by atoms with van der Waals surface area (Å²) in [6, 6.07) is -1.60. The molecule has 2 atom stereocenters. The maximum Gasteiger partial charge on any atom is 0.339 e. The fourth-order valence-corrected chi connectivity index (χ4v) is 4.77. The monoisotopic (exact) mass is 716 g/mol. The van der Waals surface area contributed by atoms with Crippen molar-refractivity contribution in [2.24, 2.45) is 0 Å². The lowest BCUT2D eigenvalue weighted by Gasteiger charge is -2.31. The van der Waals surface area contributed by atoms with E-state index in [4.69, 9.17) is 58.6 Å². The fourth-order valence-electron chi connectivity index (χ4n) is 3.54. The van der Waals surface area contributed by atoms with Crippen LogP contribution in [-0.2, 0) is 44.0 Å². The highest BCUT2D eigenvalue weighted by Gasteiger charge is 2.33. The molecule has 0 aliphatic carbocycles. The van der Waals surface area contributed by atoms with Gasteiger partial charge in [-0.1, -0.05) is 34.8 Å². The molecule has 0 spiro atoms. The van der Waals surface area contributed by atoms with Gasteiger partial charge in [0, 0.05) is 42.5 Å². The average Bonchev–Trinajstić information content (AvgIpc) is 2.91. The Bertz CT molecular complexity index is 1270. The topological polar surface area (TPSA) is 184 Å². The standard InChI is InChI=1S/C27H35Cl3N2O12S/c1-14-20(42-15(2)35)8-21(43-16(3)36)17(22(14)25(39)41-12-27(28,29)30)10-45-11-18(24(38)40-7)31-23(37)19(9-33)32(13-34)44-26(4,5)6/h8,13,18-19,33H,9-12H2,1-7H3,(H,31,37)/t18-,19+/m1/s1. The number of alkyl halides is 3. The highest BCUT2D eigenvalue weighted by molar-refractivity contribution is 7.98. The molecule has 0 saturated carbocycles. The normalized spacial score (nSPS) is 12.8. The number of hydrogen-bond donors (Lipinski definition) is 2. The van der Waals surface area contributed by atoms with Gasteiger partial charge in [0.2, 0.25) is 16.1 Å². The van der Waals surface area contributed by atoms with Crippen LogP contribution >= 0.6 is 46.6 Å². The van der Waals surface area contributed by atoms with Gasteiger partial charge in [0.25, 0.3) is 0 Å². The number of nitrogens with one attached hydrogen (secondary N) is 1. The maximum absolute atomic E-state index is 13.2. The molecule has 0 aliphatic rings. The van der Waals surface area contributed by atoms with Crippen LogP contribution in [0.3, 0.4) is 0 Å². The number of amides is 2. The Morgan fingerprint density at radius 2 is 1.64 bits per heavy atom. The lowest BCUT2D eigenvalue weighted by atomic mass is 10.0. The molecule has 1 aromatic rings. The van der Waals surface area contributed by atoms with Crippen molar-refractivity contribution in [3.05, 3.63) is 22.8 Å². The summed E-state index contributed by atoms with van der Waals surface area (Å²) in [5, 5.41) is 12.9. The predicted octanol–water partition coefficient (Wildman–Crippen LogP) is 2.81. The zero-order valence-electron chi connectivity index (χ0n) is 25.6. The number of ether oxygens (including phenoxy) is 4. The Morgan fingerprint density at radius 1 is 1.07 bits per heavy atom. The number of thioether (sulfide) groups is 1. The molecule has 45 heavy (non-hydrogen) atoms. The van der Waals surface area contributed by atoms with Crippen LogP contribution in [-0.4, -0.2) is 93.9 Å². The molecule has 18 heteroatoms. The number of hydroxylamine groups is 2. The van der Waals surface area contributed by atoms with E-state index in [-0.39, 0.29) is 46.1 Å². The third kappa shape index (κ3) is 13.6. The molecule has 1 aromatic carbocycles. The van der Waals surface area contributed by atoms with E-state index in [0.29, 0.717) is 5.06 Å². The number of nitrogens with zero attached hydrogens (tertiary/aromatic N) is 1. The molecule has 0 unspecified atom stereocenters. The van der Waals surface area contributed by atoms with E-state index in [0.717, 1.165) is 32.7 Å². The molecule has 252 valence electrons. The number of carbonyl (C=O) groups is 6. The van der Waals surface area contributed by atoms with Crippen molar-refractivity contribution in [2.45, 2.75) is 68.8 Å². The van der Waals surface area contributed by atoms with Crippen molar-refractivity contribution < 1.29 is 57.7 Å². The molecular formula is C27H35Cl3N2O12S. The van der Waals surface area contributed by atoms with E-state index in [9.17, 15) is 33.9 Å². The lowest BCUT2D eigenvalue weighted by molar-refractivity contribution is -0.234. The van der Waals surface area contributed by atoms with Crippen LogP contribution in [0.15, 0.2) is 6.07 Å². The summed E-state index contributed by atoms with van der Waals surface area (Å²) in [5.74, 6) is -4.90. The number of hydrogen-bond acceptors (Lipinski definition) is 13. The predicted molar refractivity (Wildman–Crippen MR) is 164 cm³/mol. The molecule has 2 amide bonds. The van der Waals surface area contributed by atoms with E-state index in [2.05, 4.69) is 5.32 Å². The van der Waals surface area contributed by atoms with Crippen LogP contribution in [0.25, 0.3) is 0 Å². The smallest absolute Gasteiger partial charge is 0.339 e. The highest BCUT2D eigenvalue weighted by atomic mass is 35.6. The number of esters is 4. The van der Waals surface area contributed by atoms with Crippen LogP contribution in [0.2, 0.25) is 0 Å². The second-order valence-electron chi connectivity index (χ2n) is 10.2. The Balaban J connectivity index is 3.45. The van der Waals surface area contributed by atoms with Crippen LogP contribution in [0.1, 0.15) is 56.1 Å². The number of carbonyl (C=O) groups excluding carboxylic acids is 6. The third-order valence-electron chi connectivity index (χ3n) is 5.28. The maximum atomic E-state index is 13.2. The van der Waals surface area contributed by atoms with Gasteiger partial charge in [0.15, 0.2) is 6.04 Å². The molecule has 0 aliphatic heterocycles. The van der Waals surface area contributed by atoms with Gasteiger partial charge in [-0.15, -0.1) is 0 Å². The Labute approximate surface area is 279 Å². The third-order valence-corrected chi connectivity index (χ3v) is 6.67. The SMILES string of the molecule is COC(=O)[C@@H](CSCc1c(OC(C)=O)cc(OC(C)=O)c(C)c1C(=O)OCC(Cl)(Cl)Cl)NC(=O)[C@H](CO)N(C=O)OC(C)(C)C. The Hall–Kier alpha value is -2.82. The van der Waals surface area contributed by atoms with Crippen molar-refractivity contribution in [3.8, 4) is 11.5 Å². The summed E-state index contributed by atoms with van der Waals surface area (Å²) in [4.78, 5) is 79.5. The number of benzene rings is 1. The van der Waals surface area contributed by atoms with Crippen molar-refractivity contribution in [3.63, 3.8) is 0 Å². The van der Waals surface area contributed by atoms with Gasteiger partial charge in [-0.25, -0.2) is 14.7 Å². The summed E-state index contributed by atoms with van der Waals surface area (Å²) in [6.45, 7) is 7.06. The van der Waals surface area contributed by atoms with Gasteiger partial charge in [-0.2, -0.15) is 11.8 Å². The number of rotatable bonds is 15. The zero-order chi connectivity index (χ0) is 34.7. The minimum atomic E-state index is -1.96. The molecule has 0 heterocycles. The summed E-state index contributed by atoms with van der Waals surface area (Å²) in [5.41, 5.74) is -0.854. The lowest BCUT2D eigenvalue weighted by Crippen LogP contribution is -2.55. The van der Waals surface area contributed by atoms with E-state index < -0.39 is 64.5 Å². The van der Waals surface area contributed by atoms with Gasteiger partial charge in [0.05, 0.1) is 24.9 Å². The van der Waals surface area contributed by atoms with Crippen LogP contribution in [0.4, 0.5) is 0 Å². The second-order valence-corrected chi connectivity index (χ2v) is 13.7. The number of halogens is 3. The number of aliphatic hydroxyl groups is 1. The first-order valence-corrected chi connectivity index (χ1v) is 15.3. The van der Waals surface area contributed by atoms with Crippen molar-refractivity contribution in [1.29, 1.82) is 0 Å². The van der Waals surface area contributed by atoms with Crippen molar-refractivity contribution >= 4 is 82.8 Å². The molecule has 0 radical (unpaired) electrons. The van der Waals surface area contributed by atoms with Gasteiger partial charge in [-0.3, -0.25) is 24.0 Å². The van der Waals surface area contributed by atoms with Gasteiger partial charge in [0.1, 0.15) is 24.1 Å². The second kappa shape index (κ2) is 17.8. The van der Waals surface area contributed by atoms with E-state index in [1.807, 2.05) is 0 Å². The Kier molecular flexibility index (Phi) is 15.9. The number of aliphatic hydroxyl groups excluding tert-OH is 1. The molecule has 0 aromatic heterocycles. The van der Waals surface area contributed by atoms with E-state index >= 15 is 0 Å². The first-order chi connectivity index (χ1) is 20.7. The first-order valence-electron chi connectivity index (χ1n) is 13.0. The summed E-state index contributed by atoms with van der Waals surface area (Å²) in [7, 11) is 1.09. The molecule has 0 bridgehead atoms. The molecule has 14 nitrogen and oxygen atoms in total. The van der Waals surface area contributed by atoms with E-state index in [1.165, 1.54) is 13.0 Å². The first kappa shape index (κ1) is 40.2. The molecular weight excluding hydrogens is 683 g/mol. The van der Waals surface area contributed by atoms with E-state index in [1.54, 1.807) is 20.8 Å². The largest absolute Gasteiger partial charge is 0.467 e. The summed E-state index contributed by atoms with van der Waals surface area (Å²) >= 11 is 18.2. The highest BCUT2D eigenvalue weighted by Crippen LogP contribution is 2.37. The zero-order valence-corrected chi connectivity index (χ0v) is 28.6. The Morgan fingerprint density at radius 3 is 2.11 bits per heavy atom. The summed E-state index contributed by atoms with van der Waals surface area (Å²) in [6.07, 6.45) is 0.218. The van der Waals surface area contributed by atoms with Crippen molar-refractivity contribution in [2.75, 3.05) is 26.1 Å². The van der Waals surface area contributed by atoms with Crippen LogP contribution in [0, 0.1) is 6.92 Å². The van der Waals surface area contributed by atoms with Crippen molar-refractivity contribution in [1.82, 2.24) is 10.4 Å². The van der Waals surface area contributed by atoms with Crippen LogP contribution < -0.4 is 14.8 Å². The van der Waals surface area contributed by atoms with Gasteiger partial charge < -0.3 is 29.4 Å². The van der Waals surface area contributed by atoms with Gasteiger partial charge >= 0.3 is 23.9 Å². The summed E-state index contributed by atoms with van der Waals surface area (Å²) < 4.78 is 18.5. The molecule has 0 saturated heterocycles. The fraction of sp³-hybridized carbons (Fsp3) is 0.556. The molecule has 1 rings (SSSR count). The van der Waals surface area contributed by atoms with Gasteiger partial charge in [-0.05, 0) is 27.7 Å². The average molecular weight is 718 g/mol. The van der Waals surface area contributed by atoms with Crippen LogP contribution in [0.5, 0.6) is 11.5 Å². The minimum absolute atomic E-state index is 0.0896. The quantitative estimate of drug-likeness (QED) is 0.0889. The number of methoxy groups -OCH3 is 1. The minimum Gasteiger partial charge on any atom is -0.467 e. The molecule has 0 fully saturated rings. The molecule has 2 N–H and O–H groups in total.